The number of fused-ring (bicyclic) bond motifs is 1. The number of rotatable bonds is 6. The van der Waals surface area contributed by atoms with Crippen molar-refractivity contribution in [2.24, 2.45) is 0 Å². The molecule has 1 saturated heterocycles. The Morgan fingerprint density at radius 1 is 1.10 bits per heavy atom. The van der Waals surface area contributed by atoms with Crippen LogP contribution in [0.25, 0.3) is 10.2 Å². The Morgan fingerprint density at radius 3 is 2.60 bits per heavy atom. The Kier molecular flexibility index (Phi) is 6.20. The number of anilines is 1. The van der Waals surface area contributed by atoms with Gasteiger partial charge >= 0.3 is 0 Å². The van der Waals surface area contributed by atoms with E-state index in [9.17, 15) is 4.79 Å². The van der Waals surface area contributed by atoms with E-state index in [1.54, 1.807) is 18.4 Å². The largest absolute Gasteiger partial charge is 0.494 e. The summed E-state index contributed by atoms with van der Waals surface area (Å²) in [5.74, 6) is 0.839. The predicted molar refractivity (Wildman–Crippen MR) is 123 cm³/mol. The highest BCUT2D eigenvalue weighted by molar-refractivity contribution is 7.22. The quantitative estimate of drug-likeness (QED) is 0.657. The minimum atomic E-state index is 0.00512. The molecule has 7 heteroatoms. The van der Waals surface area contributed by atoms with E-state index in [2.05, 4.69) is 28.1 Å². The molecule has 6 nitrogen and oxygen atoms in total. The summed E-state index contributed by atoms with van der Waals surface area (Å²) >= 11 is 1.74. The van der Waals surface area contributed by atoms with Crippen LogP contribution in [0.5, 0.6) is 5.75 Å². The zero-order valence-corrected chi connectivity index (χ0v) is 18.6. The normalized spacial score (nSPS) is 14.8. The Morgan fingerprint density at radius 2 is 1.87 bits per heavy atom. The van der Waals surface area contributed by atoms with Crippen LogP contribution in [0.3, 0.4) is 0 Å². The molecule has 3 aromatic rings. The van der Waals surface area contributed by atoms with E-state index in [0.717, 1.165) is 60.2 Å². The van der Waals surface area contributed by atoms with Crippen molar-refractivity contribution in [1.29, 1.82) is 0 Å². The average molecular weight is 425 g/mol. The first kappa shape index (κ1) is 20.6. The predicted octanol–water partition coefficient (Wildman–Crippen LogP) is 3.47. The van der Waals surface area contributed by atoms with Gasteiger partial charge < -0.3 is 15.0 Å². The Hall–Kier alpha value is -2.64. The van der Waals surface area contributed by atoms with Crippen molar-refractivity contribution in [3.8, 4) is 5.75 Å². The molecule has 2 aromatic carbocycles. The molecule has 1 N–H and O–H groups in total. The fourth-order valence-electron chi connectivity index (χ4n) is 3.81. The molecule has 1 aromatic heterocycles. The van der Waals surface area contributed by atoms with Gasteiger partial charge in [-0.05, 0) is 37.1 Å². The number of ether oxygens (including phenoxy) is 1. The molecule has 0 bridgehead atoms. The number of hydrogen-bond donors (Lipinski definition) is 1. The Bertz CT molecular complexity index is 1040. The third-order valence-corrected chi connectivity index (χ3v) is 6.91. The van der Waals surface area contributed by atoms with Crippen LogP contribution in [0.15, 0.2) is 36.4 Å². The molecule has 30 heavy (non-hydrogen) atoms. The minimum absolute atomic E-state index is 0.00512. The third-order valence-electron chi connectivity index (χ3n) is 5.66. The molecular weight excluding hydrogens is 396 g/mol. The number of nitrogens with zero attached hydrogens (tertiary/aromatic N) is 3. The van der Waals surface area contributed by atoms with Gasteiger partial charge in [0.2, 0.25) is 0 Å². The molecule has 1 aliphatic heterocycles. The van der Waals surface area contributed by atoms with Crippen LogP contribution in [0.2, 0.25) is 0 Å². The molecule has 158 valence electrons. The maximum absolute atomic E-state index is 12.4. The smallest absolute Gasteiger partial charge is 0.251 e. The van der Waals surface area contributed by atoms with Crippen LogP contribution in [0.4, 0.5) is 5.13 Å². The zero-order chi connectivity index (χ0) is 21.1. The minimum Gasteiger partial charge on any atom is -0.494 e. The highest BCUT2D eigenvalue weighted by Crippen LogP contribution is 2.36. The molecule has 1 aliphatic rings. The molecule has 1 amide bonds. The van der Waals surface area contributed by atoms with Crippen LogP contribution in [-0.4, -0.2) is 62.2 Å². The summed E-state index contributed by atoms with van der Waals surface area (Å²) in [7, 11) is 1.69. The first-order chi connectivity index (χ1) is 14.6. The number of aryl methyl sites for hydroxylation is 2. The van der Waals surface area contributed by atoms with Gasteiger partial charge in [0.25, 0.3) is 5.91 Å². The second-order valence-electron chi connectivity index (χ2n) is 7.66. The number of thiazole rings is 1. The third kappa shape index (κ3) is 4.27. The summed E-state index contributed by atoms with van der Waals surface area (Å²) in [6, 6.07) is 11.8. The summed E-state index contributed by atoms with van der Waals surface area (Å²) in [5, 5.41) is 4.11. The summed E-state index contributed by atoms with van der Waals surface area (Å²) < 4.78 is 6.69. The first-order valence-electron chi connectivity index (χ1n) is 10.3. The number of carbonyl (C=O) groups is 1. The monoisotopic (exact) mass is 424 g/mol. The van der Waals surface area contributed by atoms with Crippen LogP contribution in [-0.2, 0) is 0 Å². The number of amides is 1. The second kappa shape index (κ2) is 9.02. The Balaban J connectivity index is 1.30. The molecule has 1 fully saturated rings. The first-order valence-corrected chi connectivity index (χ1v) is 11.1. The number of aromatic nitrogens is 1. The number of carbonyl (C=O) groups excluding carboxylic acids is 1. The van der Waals surface area contributed by atoms with Gasteiger partial charge in [0.1, 0.15) is 11.3 Å². The van der Waals surface area contributed by atoms with Crippen LogP contribution in [0, 0.1) is 13.8 Å². The van der Waals surface area contributed by atoms with E-state index < -0.39 is 0 Å². The molecule has 4 rings (SSSR count). The van der Waals surface area contributed by atoms with E-state index in [1.807, 2.05) is 37.3 Å². The van der Waals surface area contributed by atoms with Crippen LogP contribution >= 0.6 is 11.3 Å². The lowest BCUT2D eigenvalue weighted by molar-refractivity contribution is 0.0947. The molecular formula is C23H28N4O2S. The van der Waals surface area contributed by atoms with Gasteiger partial charge in [-0.1, -0.05) is 35.6 Å². The molecule has 0 aliphatic carbocycles. The zero-order valence-electron chi connectivity index (χ0n) is 17.8. The topological polar surface area (TPSA) is 57.7 Å². The van der Waals surface area contributed by atoms with E-state index in [-0.39, 0.29) is 5.91 Å². The van der Waals surface area contributed by atoms with Gasteiger partial charge in [-0.2, -0.15) is 0 Å². The van der Waals surface area contributed by atoms with Gasteiger partial charge in [0, 0.05) is 44.8 Å². The second-order valence-corrected chi connectivity index (χ2v) is 8.64. The number of hydrogen-bond acceptors (Lipinski definition) is 6. The van der Waals surface area contributed by atoms with E-state index >= 15 is 0 Å². The van der Waals surface area contributed by atoms with Gasteiger partial charge in [-0.15, -0.1) is 0 Å². The maximum Gasteiger partial charge on any atom is 0.251 e. The van der Waals surface area contributed by atoms with Crippen molar-refractivity contribution in [1.82, 2.24) is 15.2 Å². The maximum atomic E-state index is 12.4. The molecule has 0 spiro atoms. The lowest BCUT2D eigenvalue weighted by Crippen LogP contribution is -2.48. The van der Waals surface area contributed by atoms with Gasteiger partial charge in [-0.25, -0.2) is 4.98 Å². The van der Waals surface area contributed by atoms with Crippen molar-refractivity contribution in [3.63, 3.8) is 0 Å². The van der Waals surface area contributed by atoms with Crippen molar-refractivity contribution >= 4 is 32.6 Å². The summed E-state index contributed by atoms with van der Waals surface area (Å²) in [5.41, 5.74) is 3.95. The highest BCUT2D eigenvalue weighted by atomic mass is 32.1. The molecule has 0 radical (unpaired) electrons. The summed E-state index contributed by atoms with van der Waals surface area (Å²) in [6.45, 7) is 9.40. The fourth-order valence-corrected chi connectivity index (χ4v) is 4.91. The van der Waals surface area contributed by atoms with E-state index in [0.29, 0.717) is 6.54 Å². The SMILES string of the molecule is COc1ccc(C)c2sc(N3CCN(CCNC(=O)c4ccccc4C)CC3)nc12. The lowest BCUT2D eigenvalue weighted by Gasteiger charge is -2.34. The molecule has 0 unspecified atom stereocenters. The number of piperazine rings is 1. The Labute approximate surface area is 181 Å². The summed E-state index contributed by atoms with van der Waals surface area (Å²) in [4.78, 5) is 22.0. The van der Waals surface area contributed by atoms with Crippen molar-refractivity contribution in [2.45, 2.75) is 13.8 Å². The number of nitrogens with one attached hydrogen (secondary N) is 1. The summed E-state index contributed by atoms with van der Waals surface area (Å²) in [6.07, 6.45) is 0. The van der Waals surface area contributed by atoms with Crippen LogP contribution in [0.1, 0.15) is 21.5 Å². The van der Waals surface area contributed by atoms with E-state index in [1.165, 1.54) is 10.3 Å². The van der Waals surface area contributed by atoms with Gasteiger partial charge in [-0.3, -0.25) is 9.69 Å². The van der Waals surface area contributed by atoms with Crippen molar-refractivity contribution in [3.05, 3.63) is 53.1 Å². The van der Waals surface area contributed by atoms with Crippen molar-refractivity contribution < 1.29 is 9.53 Å². The highest BCUT2D eigenvalue weighted by Gasteiger charge is 2.21. The van der Waals surface area contributed by atoms with Crippen molar-refractivity contribution in [2.75, 3.05) is 51.3 Å². The lowest BCUT2D eigenvalue weighted by atomic mass is 10.1. The number of benzene rings is 2. The average Bonchev–Trinajstić information content (AvgIpc) is 3.21. The molecule has 2 heterocycles. The van der Waals surface area contributed by atoms with Gasteiger partial charge in [0.05, 0.1) is 11.8 Å². The van der Waals surface area contributed by atoms with E-state index in [4.69, 9.17) is 9.72 Å². The van der Waals surface area contributed by atoms with Gasteiger partial charge in [0.15, 0.2) is 5.13 Å². The van der Waals surface area contributed by atoms with Crippen LogP contribution < -0.4 is 15.0 Å². The number of methoxy groups -OCH3 is 1. The standard InChI is InChI=1S/C23H28N4O2S/c1-16-6-4-5-7-18(16)22(28)24-10-11-26-12-14-27(15-13-26)23-25-20-19(29-3)9-8-17(2)21(20)30-23/h4-9H,10-15H2,1-3H3,(H,24,28). The molecule has 0 saturated carbocycles. The fraction of sp³-hybridized carbons (Fsp3) is 0.391. The molecule has 0 atom stereocenters.